The lowest BCUT2D eigenvalue weighted by Gasteiger charge is -2.17. The van der Waals surface area contributed by atoms with E-state index in [2.05, 4.69) is 37.6 Å². The Kier molecular flexibility index (Phi) is 3.57. The molecule has 0 bridgehead atoms. The second-order valence-electron chi connectivity index (χ2n) is 5.71. The maximum absolute atomic E-state index is 5.74. The highest BCUT2D eigenvalue weighted by Gasteiger charge is 2.32. The summed E-state index contributed by atoms with van der Waals surface area (Å²) >= 11 is 0. The monoisotopic (exact) mass is 271 g/mol. The van der Waals surface area contributed by atoms with Gasteiger partial charge >= 0.3 is 0 Å². The number of allylic oxidation sites excluding steroid dienone is 1. The molecular weight excluding hydrogens is 250 g/mol. The predicted molar refractivity (Wildman–Crippen MR) is 83.7 cm³/mol. The van der Waals surface area contributed by atoms with Crippen molar-refractivity contribution in [3.8, 4) is 5.75 Å². The van der Waals surface area contributed by atoms with Crippen LogP contribution in [-0.4, -0.2) is 12.8 Å². The average molecular weight is 271 g/mol. The number of fused-ring (bicyclic) bond motifs is 1. The first-order valence-corrected chi connectivity index (χ1v) is 6.54. The molecule has 2 rings (SSSR count). The molecule has 106 valence electrons. The number of hydrogen-bond donors (Lipinski definition) is 2. The highest BCUT2D eigenvalue weighted by atomic mass is 16.5. The van der Waals surface area contributed by atoms with E-state index in [1.54, 1.807) is 6.21 Å². The van der Waals surface area contributed by atoms with E-state index in [-0.39, 0.29) is 11.2 Å². The smallest absolute Gasteiger partial charge is 0.138 e. The molecule has 0 radical (unpaired) electrons. The number of rotatable bonds is 3. The molecule has 20 heavy (non-hydrogen) atoms. The minimum absolute atomic E-state index is 0.0192. The van der Waals surface area contributed by atoms with Crippen LogP contribution in [0.3, 0.4) is 0 Å². The Bertz CT molecular complexity index is 612. The molecule has 0 aromatic heterocycles. The van der Waals surface area contributed by atoms with Crippen LogP contribution in [0.25, 0.3) is 5.57 Å². The van der Waals surface area contributed by atoms with Crippen molar-refractivity contribution in [1.82, 2.24) is 0 Å². The van der Waals surface area contributed by atoms with Gasteiger partial charge in [0.15, 0.2) is 0 Å². The Hall–Kier alpha value is -2.23. The molecule has 0 unspecified atom stereocenters. The number of aryl methyl sites for hydroxylation is 1. The van der Waals surface area contributed by atoms with Gasteiger partial charge in [-0.05, 0) is 35.8 Å². The highest BCUT2D eigenvalue weighted by molar-refractivity contribution is 6.09. The van der Waals surface area contributed by atoms with Gasteiger partial charge in [0, 0.05) is 23.4 Å². The van der Waals surface area contributed by atoms with Gasteiger partial charge in [0.05, 0.1) is 6.61 Å². The Morgan fingerprint density at radius 1 is 1.45 bits per heavy atom. The molecule has 0 amide bonds. The summed E-state index contributed by atoms with van der Waals surface area (Å²) in [5.41, 5.74) is 15.0. The van der Waals surface area contributed by atoms with Crippen molar-refractivity contribution in [2.75, 3.05) is 6.61 Å². The quantitative estimate of drug-likeness (QED) is 0.829. The zero-order chi connectivity index (χ0) is 14.9. The normalized spacial score (nSPS) is 17.1. The van der Waals surface area contributed by atoms with Crippen LogP contribution in [0.1, 0.15) is 30.5 Å². The molecule has 1 aromatic rings. The summed E-state index contributed by atoms with van der Waals surface area (Å²) in [7, 11) is 0. The molecule has 4 N–H and O–H groups in total. The molecule has 0 spiro atoms. The Balaban J connectivity index is 2.39. The molecular formula is C16H21N3O. The highest BCUT2D eigenvalue weighted by Crippen LogP contribution is 2.40. The van der Waals surface area contributed by atoms with Gasteiger partial charge < -0.3 is 16.2 Å². The van der Waals surface area contributed by atoms with Gasteiger partial charge in [0.1, 0.15) is 11.6 Å². The van der Waals surface area contributed by atoms with Crippen molar-refractivity contribution in [3.63, 3.8) is 0 Å². The van der Waals surface area contributed by atoms with Crippen LogP contribution >= 0.6 is 0 Å². The van der Waals surface area contributed by atoms with E-state index < -0.39 is 0 Å². The molecule has 1 aliphatic rings. The van der Waals surface area contributed by atoms with E-state index in [1.807, 2.05) is 6.92 Å². The summed E-state index contributed by atoms with van der Waals surface area (Å²) in [6.45, 7) is 11.1. The predicted octanol–water partition coefficient (Wildman–Crippen LogP) is 2.47. The number of hydrogen-bond acceptors (Lipinski definition) is 4. The molecule has 0 saturated heterocycles. The number of aliphatic imine (C=N–C) groups is 1. The first-order valence-electron chi connectivity index (χ1n) is 6.54. The second-order valence-corrected chi connectivity index (χ2v) is 5.71. The fourth-order valence-corrected chi connectivity index (χ4v) is 2.28. The van der Waals surface area contributed by atoms with Crippen LogP contribution < -0.4 is 16.2 Å². The van der Waals surface area contributed by atoms with Gasteiger partial charge in [0.2, 0.25) is 0 Å². The molecule has 4 heteroatoms. The van der Waals surface area contributed by atoms with Gasteiger partial charge in [-0.2, -0.15) is 0 Å². The van der Waals surface area contributed by atoms with Crippen molar-refractivity contribution in [3.05, 3.63) is 47.4 Å². The Morgan fingerprint density at radius 2 is 2.15 bits per heavy atom. The molecule has 0 atom stereocenters. The van der Waals surface area contributed by atoms with Crippen molar-refractivity contribution in [2.24, 2.45) is 16.5 Å². The summed E-state index contributed by atoms with van der Waals surface area (Å²) in [6.07, 6.45) is 2.90. The van der Waals surface area contributed by atoms with E-state index in [0.29, 0.717) is 6.61 Å². The summed E-state index contributed by atoms with van der Waals surface area (Å²) in [5, 5.41) is 0. The Labute approximate surface area is 119 Å². The van der Waals surface area contributed by atoms with Gasteiger partial charge in [-0.1, -0.05) is 20.4 Å². The van der Waals surface area contributed by atoms with E-state index in [4.69, 9.17) is 16.2 Å². The molecule has 0 fully saturated rings. The van der Waals surface area contributed by atoms with Gasteiger partial charge in [-0.25, -0.2) is 4.99 Å². The first-order chi connectivity index (χ1) is 9.35. The van der Waals surface area contributed by atoms with Crippen LogP contribution in [0.15, 0.2) is 35.7 Å². The average Bonchev–Trinajstić information content (AvgIpc) is 2.69. The zero-order valence-electron chi connectivity index (χ0n) is 12.2. The molecule has 1 heterocycles. The maximum atomic E-state index is 5.74. The van der Waals surface area contributed by atoms with Crippen molar-refractivity contribution in [2.45, 2.75) is 26.2 Å². The lowest BCUT2D eigenvalue weighted by molar-refractivity contribution is 0.291. The molecule has 0 aliphatic carbocycles. The first kappa shape index (κ1) is 14.2. The fourth-order valence-electron chi connectivity index (χ4n) is 2.28. The van der Waals surface area contributed by atoms with Gasteiger partial charge in [-0.15, -0.1) is 0 Å². The third-order valence-electron chi connectivity index (χ3n) is 3.53. The lowest BCUT2D eigenvalue weighted by atomic mass is 9.84. The van der Waals surface area contributed by atoms with Crippen molar-refractivity contribution in [1.29, 1.82) is 0 Å². The molecule has 1 aliphatic heterocycles. The van der Waals surface area contributed by atoms with E-state index >= 15 is 0 Å². The topological polar surface area (TPSA) is 73.6 Å². The second kappa shape index (κ2) is 5.04. The maximum Gasteiger partial charge on any atom is 0.138 e. The molecule has 4 nitrogen and oxygen atoms in total. The number of nitrogens with zero attached hydrogens (tertiary/aromatic N) is 1. The molecule has 0 saturated carbocycles. The third kappa shape index (κ3) is 2.54. The van der Waals surface area contributed by atoms with E-state index in [0.717, 1.165) is 22.4 Å². The van der Waals surface area contributed by atoms with Crippen LogP contribution in [0, 0.1) is 6.92 Å². The van der Waals surface area contributed by atoms with Crippen LogP contribution in [0.2, 0.25) is 0 Å². The Morgan fingerprint density at radius 3 is 2.80 bits per heavy atom. The molecule has 1 aromatic carbocycles. The third-order valence-corrected chi connectivity index (χ3v) is 3.53. The number of nitrogens with two attached hydrogens (primary N) is 2. The van der Waals surface area contributed by atoms with Gasteiger partial charge in [0.25, 0.3) is 0 Å². The van der Waals surface area contributed by atoms with Crippen molar-refractivity contribution < 1.29 is 4.74 Å². The van der Waals surface area contributed by atoms with E-state index in [1.165, 1.54) is 11.8 Å². The summed E-state index contributed by atoms with van der Waals surface area (Å²) in [5.74, 6) is 1.23. The summed E-state index contributed by atoms with van der Waals surface area (Å²) in [4.78, 5) is 4.05. The minimum Gasteiger partial charge on any atom is -0.492 e. The van der Waals surface area contributed by atoms with E-state index in [9.17, 15) is 0 Å². The number of benzene rings is 1. The van der Waals surface area contributed by atoms with Gasteiger partial charge in [-0.3, -0.25) is 0 Å². The van der Waals surface area contributed by atoms with Crippen molar-refractivity contribution >= 4 is 11.8 Å². The van der Waals surface area contributed by atoms with Crippen LogP contribution in [0.5, 0.6) is 5.75 Å². The fraction of sp³-hybridized carbons (Fsp3) is 0.312. The summed E-state index contributed by atoms with van der Waals surface area (Å²) < 4.78 is 5.74. The SMILES string of the molecule is C=C(C=N/C(N)=C\N)c1cc2c(cc1C)OCC2(C)C. The van der Waals surface area contributed by atoms with Crippen LogP contribution in [0.4, 0.5) is 0 Å². The standard InChI is InChI=1S/C16H21N3O/c1-10-5-14-13(16(3,4)9-20-14)6-12(10)11(2)8-19-15(18)7-17/h5-8H,2,9,17-18H2,1,3-4H3/b15-7-,19-8?. The largest absolute Gasteiger partial charge is 0.492 e. The minimum atomic E-state index is 0.0192. The summed E-state index contributed by atoms with van der Waals surface area (Å²) in [6, 6.07) is 4.19. The van der Waals surface area contributed by atoms with Crippen LogP contribution in [-0.2, 0) is 5.41 Å². The zero-order valence-corrected chi connectivity index (χ0v) is 12.2. The lowest BCUT2D eigenvalue weighted by Crippen LogP contribution is -2.18. The number of ether oxygens (including phenoxy) is 1.